The van der Waals surface area contributed by atoms with E-state index in [0.29, 0.717) is 17.1 Å². The number of hydrogen-bond acceptors (Lipinski definition) is 4. The van der Waals surface area contributed by atoms with Gasteiger partial charge in [0.15, 0.2) is 0 Å². The summed E-state index contributed by atoms with van der Waals surface area (Å²) in [5, 5.41) is 12.3. The van der Waals surface area contributed by atoms with Gasteiger partial charge in [0.05, 0.1) is 11.0 Å². The second-order valence-corrected chi connectivity index (χ2v) is 6.09. The maximum atomic E-state index is 12.4. The molecule has 0 aliphatic heterocycles. The van der Waals surface area contributed by atoms with Crippen molar-refractivity contribution in [1.82, 2.24) is 14.5 Å². The van der Waals surface area contributed by atoms with Crippen molar-refractivity contribution < 1.29 is 14.7 Å². The molecule has 0 saturated heterocycles. The number of carbonyl (C=O) groups excluding carboxylic acids is 2. The number of aromatic nitrogens is 2. The molecule has 2 N–H and O–H groups in total. The van der Waals surface area contributed by atoms with Crippen LogP contribution in [-0.2, 0) is 17.9 Å². The molecule has 0 fully saturated rings. The molecule has 7 nitrogen and oxygen atoms in total. The Kier molecular flexibility index (Phi) is 4.99. The number of carbonyl (C=O) groups is 2. The second-order valence-electron chi connectivity index (χ2n) is 6.09. The van der Waals surface area contributed by atoms with E-state index < -0.39 is 0 Å². The summed E-state index contributed by atoms with van der Waals surface area (Å²) in [5.74, 6) is 0.100. The maximum absolute atomic E-state index is 12.4. The quantitative estimate of drug-likeness (QED) is 0.734. The molecule has 1 heterocycles. The lowest BCUT2D eigenvalue weighted by molar-refractivity contribution is -0.116. The number of aliphatic hydroxyl groups excluding tert-OH is 1. The molecule has 0 saturated carbocycles. The first-order valence-electron chi connectivity index (χ1n) is 8.16. The number of fused-ring (bicyclic) bond motifs is 1. The summed E-state index contributed by atoms with van der Waals surface area (Å²) in [7, 11) is 3.37. The number of para-hydroxylation sites is 2. The van der Waals surface area contributed by atoms with E-state index in [2.05, 4.69) is 10.3 Å². The molecule has 0 aliphatic rings. The lowest BCUT2D eigenvalue weighted by Gasteiger charge is -2.11. The van der Waals surface area contributed by atoms with Crippen LogP contribution in [0.3, 0.4) is 0 Å². The summed E-state index contributed by atoms with van der Waals surface area (Å²) in [4.78, 5) is 30.1. The third kappa shape index (κ3) is 3.57. The van der Waals surface area contributed by atoms with Gasteiger partial charge in [0.2, 0.25) is 5.91 Å². The minimum absolute atomic E-state index is 0.0365. The van der Waals surface area contributed by atoms with Crippen molar-refractivity contribution in [2.45, 2.75) is 13.2 Å². The third-order valence-corrected chi connectivity index (χ3v) is 4.00. The van der Waals surface area contributed by atoms with Crippen LogP contribution in [0, 0.1) is 0 Å². The van der Waals surface area contributed by atoms with E-state index >= 15 is 0 Å². The fraction of sp³-hybridized carbons (Fsp3) is 0.211. The van der Waals surface area contributed by atoms with E-state index in [1.807, 2.05) is 24.3 Å². The van der Waals surface area contributed by atoms with E-state index in [0.717, 1.165) is 11.0 Å². The number of rotatable bonds is 5. The number of benzene rings is 2. The van der Waals surface area contributed by atoms with E-state index in [4.69, 9.17) is 0 Å². The van der Waals surface area contributed by atoms with Crippen LogP contribution in [0.5, 0.6) is 0 Å². The first-order valence-corrected chi connectivity index (χ1v) is 8.16. The Bertz CT molecular complexity index is 945. The smallest absolute Gasteiger partial charge is 0.253 e. The Morgan fingerprint density at radius 3 is 2.46 bits per heavy atom. The summed E-state index contributed by atoms with van der Waals surface area (Å²) in [5.41, 5.74) is 2.67. The van der Waals surface area contributed by atoms with Crippen LogP contribution >= 0.6 is 0 Å². The summed E-state index contributed by atoms with van der Waals surface area (Å²) in [6, 6.07) is 14.1. The Hall–Kier alpha value is -3.19. The van der Waals surface area contributed by atoms with Gasteiger partial charge in [0.25, 0.3) is 5.91 Å². The molecule has 0 atom stereocenters. The number of hydrogen-bond donors (Lipinski definition) is 2. The summed E-state index contributed by atoms with van der Waals surface area (Å²) in [6.07, 6.45) is 0. The molecule has 134 valence electrons. The molecule has 2 aromatic carbocycles. The van der Waals surface area contributed by atoms with E-state index in [1.54, 1.807) is 42.9 Å². The van der Waals surface area contributed by atoms with Crippen LogP contribution in [0.4, 0.5) is 5.69 Å². The SMILES string of the molecule is CN(C)C(=O)c1ccc(NC(=O)Cn2c(CO)nc3ccccc32)cc1. The van der Waals surface area contributed by atoms with Gasteiger partial charge in [-0.05, 0) is 36.4 Å². The van der Waals surface area contributed by atoms with Gasteiger partial charge in [0.1, 0.15) is 19.0 Å². The van der Waals surface area contributed by atoms with Gasteiger partial charge in [-0.25, -0.2) is 4.98 Å². The molecule has 3 aromatic rings. The lowest BCUT2D eigenvalue weighted by atomic mass is 10.2. The Morgan fingerprint density at radius 1 is 1.12 bits per heavy atom. The maximum Gasteiger partial charge on any atom is 0.253 e. The van der Waals surface area contributed by atoms with Crippen LogP contribution in [0.15, 0.2) is 48.5 Å². The molecule has 0 bridgehead atoms. The number of amides is 2. The van der Waals surface area contributed by atoms with Gasteiger partial charge >= 0.3 is 0 Å². The molecule has 7 heteroatoms. The first-order chi connectivity index (χ1) is 12.5. The van der Waals surface area contributed by atoms with Crippen LogP contribution in [-0.4, -0.2) is 45.5 Å². The second kappa shape index (κ2) is 7.37. The Morgan fingerprint density at radius 2 is 1.81 bits per heavy atom. The molecule has 0 aliphatic carbocycles. The van der Waals surface area contributed by atoms with E-state index in [9.17, 15) is 14.7 Å². The van der Waals surface area contributed by atoms with Crippen LogP contribution in [0.1, 0.15) is 16.2 Å². The molecule has 0 spiro atoms. The predicted molar refractivity (Wildman–Crippen MR) is 98.7 cm³/mol. The molecule has 2 amide bonds. The molecule has 1 aromatic heterocycles. The Balaban J connectivity index is 1.74. The zero-order valence-corrected chi connectivity index (χ0v) is 14.6. The van der Waals surface area contributed by atoms with Gasteiger partial charge in [-0.2, -0.15) is 0 Å². The van der Waals surface area contributed by atoms with Gasteiger partial charge < -0.3 is 19.9 Å². The highest BCUT2D eigenvalue weighted by Crippen LogP contribution is 2.17. The molecule has 26 heavy (non-hydrogen) atoms. The van der Waals surface area contributed by atoms with E-state index in [1.165, 1.54) is 4.90 Å². The average Bonchev–Trinajstić information content (AvgIpc) is 2.99. The number of nitrogens with zero attached hydrogens (tertiary/aromatic N) is 3. The number of nitrogens with one attached hydrogen (secondary N) is 1. The first kappa shape index (κ1) is 17.6. The highest BCUT2D eigenvalue weighted by Gasteiger charge is 2.13. The zero-order chi connectivity index (χ0) is 18.7. The topological polar surface area (TPSA) is 87.5 Å². The van der Waals surface area contributed by atoms with Crippen molar-refractivity contribution in [2.24, 2.45) is 0 Å². The zero-order valence-electron chi connectivity index (χ0n) is 14.6. The monoisotopic (exact) mass is 352 g/mol. The molecule has 0 radical (unpaired) electrons. The van der Waals surface area contributed by atoms with Crippen molar-refractivity contribution in [1.29, 1.82) is 0 Å². The van der Waals surface area contributed by atoms with Crippen molar-refractivity contribution in [3.8, 4) is 0 Å². The summed E-state index contributed by atoms with van der Waals surface area (Å²) in [6.45, 7) is -0.210. The van der Waals surface area contributed by atoms with Crippen molar-refractivity contribution in [3.05, 3.63) is 59.9 Å². The highest BCUT2D eigenvalue weighted by molar-refractivity contribution is 5.95. The average molecular weight is 352 g/mol. The summed E-state index contributed by atoms with van der Waals surface area (Å²) < 4.78 is 1.69. The molecular weight excluding hydrogens is 332 g/mol. The third-order valence-electron chi connectivity index (χ3n) is 4.00. The van der Waals surface area contributed by atoms with Gasteiger partial charge in [0, 0.05) is 25.3 Å². The van der Waals surface area contributed by atoms with E-state index in [-0.39, 0.29) is 25.0 Å². The molecule has 0 unspecified atom stereocenters. The predicted octanol–water partition coefficient (Wildman–Crippen LogP) is 1.87. The fourth-order valence-corrected chi connectivity index (χ4v) is 2.72. The normalized spacial score (nSPS) is 10.7. The fourth-order valence-electron chi connectivity index (χ4n) is 2.72. The highest BCUT2D eigenvalue weighted by atomic mass is 16.3. The lowest BCUT2D eigenvalue weighted by Crippen LogP contribution is -2.22. The number of imidazole rings is 1. The largest absolute Gasteiger partial charge is 0.388 e. The minimum Gasteiger partial charge on any atom is -0.388 e. The van der Waals surface area contributed by atoms with Crippen LogP contribution < -0.4 is 5.32 Å². The number of aliphatic hydroxyl groups is 1. The van der Waals surface area contributed by atoms with Crippen molar-refractivity contribution >= 4 is 28.5 Å². The van der Waals surface area contributed by atoms with Crippen molar-refractivity contribution in [2.75, 3.05) is 19.4 Å². The molecular formula is C19H20N4O3. The van der Waals surface area contributed by atoms with Crippen LogP contribution in [0.2, 0.25) is 0 Å². The molecule has 3 rings (SSSR count). The standard InChI is InChI=1S/C19H20N4O3/c1-22(2)19(26)13-7-9-14(10-8-13)20-18(25)11-23-16-6-4-3-5-15(16)21-17(23)12-24/h3-10,24H,11-12H2,1-2H3,(H,20,25). The van der Waals surface area contributed by atoms with Gasteiger partial charge in [-0.1, -0.05) is 12.1 Å². The van der Waals surface area contributed by atoms with Gasteiger partial charge in [-0.15, -0.1) is 0 Å². The van der Waals surface area contributed by atoms with Crippen LogP contribution in [0.25, 0.3) is 11.0 Å². The Labute approximate surface area is 150 Å². The summed E-state index contributed by atoms with van der Waals surface area (Å²) >= 11 is 0. The number of anilines is 1. The minimum atomic E-state index is -0.247. The van der Waals surface area contributed by atoms with Crippen molar-refractivity contribution in [3.63, 3.8) is 0 Å². The van der Waals surface area contributed by atoms with Gasteiger partial charge in [-0.3, -0.25) is 9.59 Å².